The van der Waals surface area contributed by atoms with Gasteiger partial charge in [-0.1, -0.05) is 51.9 Å². The minimum absolute atomic E-state index is 0.681. The molecule has 2 heteroatoms. The molecule has 0 spiro atoms. The molecule has 0 aliphatic rings. The van der Waals surface area contributed by atoms with Gasteiger partial charge in [0, 0.05) is 6.04 Å². The largest absolute Gasteiger partial charge is 0.317 e. The minimum atomic E-state index is 0.681. The molecule has 0 bridgehead atoms. The molecular weight excluding hydrogens is 244 g/mol. The summed E-state index contributed by atoms with van der Waals surface area (Å²) in [4.78, 5) is 2.43. The lowest BCUT2D eigenvalue weighted by molar-refractivity contribution is 0.268. The van der Waals surface area contributed by atoms with Crippen molar-refractivity contribution in [1.82, 2.24) is 10.2 Å². The van der Waals surface area contributed by atoms with Crippen molar-refractivity contribution < 1.29 is 0 Å². The molecule has 0 aliphatic carbocycles. The number of nitrogens with zero attached hydrogens (tertiary/aromatic N) is 1. The van der Waals surface area contributed by atoms with E-state index >= 15 is 0 Å². The maximum Gasteiger partial charge on any atom is 0.00355 e. The van der Waals surface area contributed by atoms with E-state index in [2.05, 4.69) is 38.0 Å². The number of hydrogen-bond acceptors (Lipinski definition) is 2. The molecule has 0 radical (unpaired) electrons. The summed E-state index contributed by atoms with van der Waals surface area (Å²) in [6.07, 6.45) is 14.0. The van der Waals surface area contributed by atoms with Crippen LogP contribution in [0.4, 0.5) is 0 Å². The van der Waals surface area contributed by atoms with Crippen molar-refractivity contribution in [2.75, 3.05) is 26.7 Å². The molecule has 0 aliphatic heterocycles. The Morgan fingerprint density at radius 1 is 0.750 bits per heavy atom. The summed E-state index contributed by atoms with van der Waals surface area (Å²) in [5.41, 5.74) is 0. The van der Waals surface area contributed by atoms with Crippen molar-refractivity contribution in [3.05, 3.63) is 0 Å². The Balaban J connectivity index is 3.03. The van der Waals surface area contributed by atoms with Gasteiger partial charge in [0.25, 0.3) is 0 Å². The van der Waals surface area contributed by atoms with Gasteiger partial charge in [0.2, 0.25) is 0 Å². The van der Waals surface area contributed by atoms with Crippen LogP contribution in [0.25, 0.3) is 0 Å². The van der Waals surface area contributed by atoms with Gasteiger partial charge in [-0.15, -0.1) is 0 Å². The molecular formula is C18H40N2. The van der Waals surface area contributed by atoms with Gasteiger partial charge < -0.3 is 10.2 Å². The first-order valence-corrected chi connectivity index (χ1v) is 9.09. The van der Waals surface area contributed by atoms with Gasteiger partial charge in [-0.2, -0.15) is 0 Å². The molecule has 0 fully saturated rings. The predicted molar refractivity (Wildman–Crippen MR) is 92.5 cm³/mol. The summed E-state index contributed by atoms with van der Waals surface area (Å²) >= 11 is 0. The molecule has 20 heavy (non-hydrogen) atoms. The molecule has 122 valence electrons. The SMILES string of the molecule is CCCCCCCCCCNCCCCN(C)C(C)C. The Bertz CT molecular complexity index is 180. The zero-order chi connectivity index (χ0) is 15.1. The van der Waals surface area contributed by atoms with Crippen LogP contribution in [-0.4, -0.2) is 37.6 Å². The minimum Gasteiger partial charge on any atom is -0.317 e. The standard InChI is InChI=1S/C18H40N2/c1-5-6-7-8-9-10-11-12-15-19-16-13-14-17-20(4)18(2)3/h18-19H,5-17H2,1-4H3. The molecule has 0 aromatic rings. The Morgan fingerprint density at radius 3 is 1.80 bits per heavy atom. The number of nitrogens with one attached hydrogen (secondary N) is 1. The van der Waals surface area contributed by atoms with Gasteiger partial charge in [0.1, 0.15) is 0 Å². The average Bonchev–Trinajstić information content (AvgIpc) is 2.43. The third-order valence-electron chi connectivity index (χ3n) is 4.20. The summed E-state index contributed by atoms with van der Waals surface area (Å²) in [7, 11) is 2.22. The van der Waals surface area contributed by atoms with E-state index in [-0.39, 0.29) is 0 Å². The van der Waals surface area contributed by atoms with Crippen molar-refractivity contribution in [1.29, 1.82) is 0 Å². The van der Waals surface area contributed by atoms with E-state index in [1.807, 2.05) is 0 Å². The van der Waals surface area contributed by atoms with E-state index in [4.69, 9.17) is 0 Å². The van der Waals surface area contributed by atoms with Crippen LogP contribution in [0, 0.1) is 0 Å². The van der Waals surface area contributed by atoms with E-state index in [1.165, 1.54) is 83.8 Å². The van der Waals surface area contributed by atoms with Crippen LogP contribution >= 0.6 is 0 Å². The van der Waals surface area contributed by atoms with Gasteiger partial charge in [0.15, 0.2) is 0 Å². The highest BCUT2D eigenvalue weighted by Gasteiger charge is 2.01. The van der Waals surface area contributed by atoms with Crippen LogP contribution in [0.15, 0.2) is 0 Å². The number of unbranched alkanes of at least 4 members (excludes halogenated alkanes) is 8. The first-order chi connectivity index (χ1) is 9.68. The zero-order valence-corrected chi connectivity index (χ0v) is 14.7. The van der Waals surface area contributed by atoms with Crippen LogP contribution in [0.2, 0.25) is 0 Å². The van der Waals surface area contributed by atoms with Gasteiger partial charge >= 0.3 is 0 Å². The van der Waals surface area contributed by atoms with Gasteiger partial charge in [-0.3, -0.25) is 0 Å². The van der Waals surface area contributed by atoms with Crippen molar-refractivity contribution in [2.24, 2.45) is 0 Å². The lowest BCUT2D eigenvalue weighted by Gasteiger charge is -2.20. The van der Waals surface area contributed by atoms with Crippen LogP contribution in [0.3, 0.4) is 0 Å². The Labute approximate surface area is 128 Å². The van der Waals surface area contributed by atoms with Gasteiger partial charge in [0.05, 0.1) is 0 Å². The normalized spacial score (nSPS) is 11.7. The average molecular weight is 285 g/mol. The Hall–Kier alpha value is -0.0800. The molecule has 0 saturated carbocycles. The van der Waals surface area contributed by atoms with Gasteiger partial charge in [-0.25, -0.2) is 0 Å². The third kappa shape index (κ3) is 14.3. The lowest BCUT2D eigenvalue weighted by Crippen LogP contribution is -2.28. The second kappa shape index (κ2) is 15.3. The third-order valence-corrected chi connectivity index (χ3v) is 4.20. The maximum atomic E-state index is 3.58. The molecule has 0 aromatic carbocycles. The summed E-state index contributed by atoms with van der Waals surface area (Å²) in [5, 5.41) is 3.58. The summed E-state index contributed by atoms with van der Waals surface area (Å²) in [6, 6.07) is 0.681. The van der Waals surface area contributed by atoms with Crippen molar-refractivity contribution in [3.8, 4) is 0 Å². The summed E-state index contributed by atoms with van der Waals surface area (Å²) in [6.45, 7) is 10.5. The van der Waals surface area contributed by atoms with Crippen molar-refractivity contribution in [2.45, 2.75) is 91.0 Å². The van der Waals surface area contributed by atoms with Crippen LogP contribution in [0.5, 0.6) is 0 Å². The summed E-state index contributed by atoms with van der Waals surface area (Å²) < 4.78 is 0. The molecule has 0 aromatic heterocycles. The molecule has 0 heterocycles. The van der Waals surface area contributed by atoms with Gasteiger partial charge in [-0.05, 0) is 59.8 Å². The number of hydrogen-bond donors (Lipinski definition) is 1. The van der Waals surface area contributed by atoms with E-state index in [9.17, 15) is 0 Å². The fraction of sp³-hybridized carbons (Fsp3) is 1.00. The van der Waals surface area contributed by atoms with E-state index in [1.54, 1.807) is 0 Å². The summed E-state index contributed by atoms with van der Waals surface area (Å²) in [5.74, 6) is 0. The highest BCUT2D eigenvalue weighted by atomic mass is 15.1. The smallest absolute Gasteiger partial charge is 0.00355 e. The molecule has 0 unspecified atom stereocenters. The molecule has 1 N–H and O–H groups in total. The van der Waals surface area contributed by atoms with Crippen LogP contribution in [-0.2, 0) is 0 Å². The predicted octanol–water partition coefficient (Wildman–Crippen LogP) is 4.84. The van der Waals surface area contributed by atoms with E-state index in [0.29, 0.717) is 6.04 Å². The second-order valence-electron chi connectivity index (χ2n) is 6.51. The lowest BCUT2D eigenvalue weighted by atomic mass is 10.1. The monoisotopic (exact) mass is 284 g/mol. The Kier molecular flexibility index (Phi) is 15.3. The molecule has 0 atom stereocenters. The first-order valence-electron chi connectivity index (χ1n) is 9.09. The number of rotatable bonds is 15. The van der Waals surface area contributed by atoms with Crippen molar-refractivity contribution in [3.63, 3.8) is 0 Å². The molecule has 0 amide bonds. The molecule has 0 saturated heterocycles. The molecule has 0 rings (SSSR count). The Morgan fingerprint density at radius 2 is 1.25 bits per heavy atom. The van der Waals surface area contributed by atoms with Crippen LogP contribution < -0.4 is 5.32 Å². The highest BCUT2D eigenvalue weighted by molar-refractivity contribution is 4.58. The van der Waals surface area contributed by atoms with E-state index in [0.717, 1.165) is 0 Å². The van der Waals surface area contributed by atoms with Crippen LogP contribution in [0.1, 0.15) is 85.0 Å². The second-order valence-corrected chi connectivity index (χ2v) is 6.51. The fourth-order valence-corrected chi connectivity index (χ4v) is 2.38. The maximum absolute atomic E-state index is 3.58. The topological polar surface area (TPSA) is 15.3 Å². The highest BCUT2D eigenvalue weighted by Crippen LogP contribution is 2.07. The zero-order valence-electron chi connectivity index (χ0n) is 14.7. The fourth-order valence-electron chi connectivity index (χ4n) is 2.38. The quantitative estimate of drug-likeness (QED) is 0.433. The van der Waals surface area contributed by atoms with E-state index < -0.39 is 0 Å². The van der Waals surface area contributed by atoms with Crippen molar-refractivity contribution >= 4 is 0 Å². The molecule has 2 nitrogen and oxygen atoms in total. The first kappa shape index (κ1) is 19.9.